The van der Waals surface area contributed by atoms with Gasteiger partial charge in [-0.15, -0.1) is 14.5 Å². The lowest BCUT2D eigenvalue weighted by atomic mass is 9.97. The SMILES string of the molecule is CN(C)C(=O)C1CCc2nnc(C3CCN([S+](=O)([O-])c4ccccc4)CC3)n21. The van der Waals surface area contributed by atoms with Crippen LogP contribution in [0.4, 0.5) is 0 Å². The Balaban J connectivity index is 1.50. The maximum absolute atomic E-state index is 12.8. The van der Waals surface area contributed by atoms with Gasteiger partial charge in [-0.25, -0.2) is 0 Å². The van der Waals surface area contributed by atoms with Crippen LogP contribution in [0.5, 0.6) is 0 Å². The molecule has 0 aliphatic carbocycles. The molecule has 2 aromatic rings. The predicted molar refractivity (Wildman–Crippen MR) is 103 cm³/mol. The van der Waals surface area contributed by atoms with Gasteiger partial charge in [0.2, 0.25) is 5.91 Å². The number of hydrogen-bond acceptors (Lipinski definition) is 5. The molecule has 0 N–H and O–H groups in total. The lowest BCUT2D eigenvalue weighted by molar-refractivity contribution is -0.132. The van der Waals surface area contributed by atoms with Gasteiger partial charge in [-0.2, -0.15) is 0 Å². The molecule has 4 rings (SSSR count). The van der Waals surface area contributed by atoms with Gasteiger partial charge in [-0.3, -0.25) is 4.79 Å². The summed E-state index contributed by atoms with van der Waals surface area (Å²) in [7, 11) is 0.0509. The van der Waals surface area contributed by atoms with Crippen LogP contribution in [0.15, 0.2) is 35.2 Å². The molecule has 8 nitrogen and oxygen atoms in total. The molecule has 2 unspecified atom stereocenters. The van der Waals surface area contributed by atoms with Crippen molar-refractivity contribution in [2.24, 2.45) is 0 Å². The number of carbonyl (C=O) groups excluding carboxylic acids is 1. The predicted octanol–water partition coefficient (Wildman–Crippen LogP) is 1.64. The molecular formula is C19H25N5O3S. The molecular weight excluding hydrogens is 378 g/mol. The summed E-state index contributed by atoms with van der Waals surface area (Å²) in [6.07, 6.45) is 2.84. The number of piperidine rings is 1. The summed E-state index contributed by atoms with van der Waals surface area (Å²) in [5.74, 6) is 1.85. The fraction of sp³-hybridized carbons (Fsp3) is 0.526. The quantitative estimate of drug-likeness (QED) is 0.724. The number of nitrogens with zero attached hydrogens (tertiary/aromatic N) is 5. The standard InChI is InChI=1S/C19H25N5O3S/c1-22(2)19(25)16-8-9-17-20-21-18(24(16)17)14-10-12-23(13-11-14)28(26,27)15-6-4-3-5-7-15/h3-7,14,16H,8-13H2,1-2H3. The van der Waals surface area contributed by atoms with Crippen LogP contribution >= 0.6 is 0 Å². The van der Waals surface area contributed by atoms with Gasteiger partial charge in [0.05, 0.1) is 0 Å². The molecule has 150 valence electrons. The van der Waals surface area contributed by atoms with Gasteiger partial charge in [-0.1, -0.05) is 22.4 Å². The molecule has 2 atom stereocenters. The Kier molecular flexibility index (Phi) is 5.07. The van der Waals surface area contributed by atoms with Crippen LogP contribution in [0.2, 0.25) is 0 Å². The molecule has 1 aromatic heterocycles. The minimum Gasteiger partial charge on any atom is -0.593 e. The van der Waals surface area contributed by atoms with Crippen LogP contribution in [0.3, 0.4) is 0 Å². The highest BCUT2D eigenvalue weighted by atomic mass is 32.3. The third-order valence-corrected chi connectivity index (χ3v) is 7.58. The number of aryl methyl sites for hydroxylation is 1. The monoisotopic (exact) mass is 403 g/mol. The van der Waals surface area contributed by atoms with E-state index >= 15 is 0 Å². The molecule has 28 heavy (non-hydrogen) atoms. The lowest BCUT2D eigenvalue weighted by Crippen LogP contribution is -2.42. The number of carbonyl (C=O) groups is 1. The summed E-state index contributed by atoms with van der Waals surface area (Å²) in [4.78, 5) is 14.5. The Morgan fingerprint density at radius 1 is 1.14 bits per heavy atom. The average Bonchev–Trinajstić information content (AvgIpc) is 3.30. The van der Waals surface area contributed by atoms with Crippen molar-refractivity contribution in [3.05, 3.63) is 42.0 Å². The summed E-state index contributed by atoms with van der Waals surface area (Å²) in [6.45, 7) is 0.882. The van der Waals surface area contributed by atoms with E-state index in [4.69, 9.17) is 0 Å². The molecule has 1 aromatic carbocycles. The maximum Gasteiger partial charge on any atom is 0.245 e. The molecule has 3 heterocycles. The number of aromatic nitrogens is 3. The second kappa shape index (κ2) is 7.38. The van der Waals surface area contributed by atoms with Crippen molar-refractivity contribution in [2.45, 2.75) is 42.5 Å². The van der Waals surface area contributed by atoms with Crippen LogP contribution in [0.1, 0.15) is 42.9 Å². The van der Waals surface area contributed by atoms with Gasteiger partial charge in [0.15, 0.2) is 15.3 Å². The zero-order chi connectivity index (χ0) is 19.9. The number of sulfonamides is 1. The normalized spacial score (nSPS) is 22.6. The first kappa shape index (κ1) is 19.2. The summed E-state index contributed by atoms with van der Waals surface area (Å²) >= 11 is 0. The van der Waals surface area contributed by atoms with Crippen molar-refractivity contribution in [2.75, 3.05) is 27.2 Å². The molecule has 1 amide bonds. The largest absolute Gasteiger partial charge is 0.593 e. The van der Waals surface area contributed by atoms with E-state index in [0.717, 1.165) is 24.5 Å². The van der Waals surface area contributed by atoms with Crippen LogP contribution in [-0.4, -0.2) is 61.6 Å². The number of benzene rings is 1. The van der Waals surface area contributed by atoms with Gasteiger partial charge >= 0.3 is 0 Å². The number of amides is 1. The van der Waals surface area contributed by atoms with Crippen molar-refractivity contribution < 1.29 is 13.6 Å². The number of fused-ring (bicyclic) bond motifs is 1. The van der Waals surface area contributed by atoms with Crippen molar-refractivity contribution in [3.8, 4) is 0 Å². The van der Waals surface area contributed by atoms with E-state index in [0.29, 0.717) is 30.8 Å². The fourth-order valence-electron chi connectivity index (χ4n) is 4.15. The van der Waals surface area contributed by atoms with Gasteiger partial charge in [0, 0.05) is 39.5 Å². The smallest absolute Gasteiger partial charge is 0.245 e. The molecule has 2 aliphatic rings. The molecule has 1 saturated heterocycles. The second-order valence-electron chi connectivity index (χ2n) is 7.62. The third-order valence-electron chi connectivity index (χ3n) is 5.67. The maximum atomic E-state index is 12.8. The first-order valence-electron chi connectivity index (χ1n) is 9.59. The summed E-state index contributed by atoms with van der Waals surface area (Å²) < 4.78 is 29.2. The Morgan fingerprint density at radius 2 is 1.82 bits per heavy atom. The molecule has 0 radical (unpaired) electrons. The first-order chi connectivity index (χ1) is 13.4. The Bertz CT molecular complexity index is 906. The van der Waals surface area contributed by atoms with E-state index in [9.17, 15) is 13.6 Å². The van der Waals surface area contributed by atoms with E-state index < -0.39 is 10.4 Å². The summed E-state index contributed by atoms with van der Waals surface area (Å²) in [6, 6.07) is 8.29. The van der Waals surface area contributed by atoms with Crippen LogP contribution in [-0.2, 0) is 25.8 Å². The van der Waals surface area contributed by atoms with Crippen molar-refractivity contribution in [1.82, 2.24) is 24.0 Å². The topological polar surface area (TPSA) is 94.4 Å². The average molecular weight is 404 g/mol. The van der Waals surface area contributed by atoms with E-state index in [1.54, 1.807) is 47.6 Å². The fourth-order valence-corrected chi connectivity index (χ4v) is 5.64. The van der Waals surface area contributed by atoms with Gasteiger partial charge in [0.1, 0.15) is 17.7 Å². The van der Waals surface area contributed by atoms with E-state index in [1.165, 1.54) is 0 Å². The number of rotatable bonds is 4. The Morgan fingerprint density at radius 3 is 2.46 bits per heavy atom. The first-order valence-corrected chi connectivity index (χ1v) is 11.0. The molecule has 2 aliphatic heterocycles. The highest BCUT2D eigenvalue weighted by molar-refractivity contribution is 7.95. The molecule has 0 saturated carbocycles. The minimum absolute atomic E-state index is 0.0592. The lowest BCUT2D eigenvalue weighted by Gasteiger charge is -2.33. The highest BCUT2D eigenvalue weighted by Crippen LogP contribution is 2.36. The van der Waals surface area contributed by atoms with Gasteiger partial charge in [-0.05, 0) is 31.4 Å². The number of likely N-dealkylation sites (N-methyl/N-ethyl adjacent to an activating group) is 1. The molecule has 1 fully saturated rings. The van der Waals surface area contributed by atoms with Crippen LogP contribution in [0.25, 0.3) is 0 Å². The van der Waals surface area contributed by atoms with E-state index in [-0.39, 0.29) is 17.9 Å². The summed E-state index contributed by atoms with van der Waals surface area (Å²) in [5, 5.41) is 8.66. The Labute approximate surface area is 165 Å². The highest BCUT2D eigenvalue weighted by Gasteiger charge is 2.39. The van der Waals surface area contributed by atoms with Crippen molar-refractivity contribution in [1.29, 1.82) is 0 Å². The molecule has 9 heteroatoms. The van der Waals surface area contributed by atoms with Gasteiger partial charge < -0.3 is 14.0 Å². The van der Waals surface area contributed by atoms with Crippen molar-refractivity contribution >= 4 is 16.3 Å². The Hall–Kier alpha value is -2.10. The third kappa shape index (κ3) is 3.27. The summed E-state index contributed by atoms with van der Waals surface area (Å²) in [5.41, 5.74) is 0. The van der Waals surface area contributed by atoms with Gasteiger partial charge in [0.25, 0.3) is 0 Å². The second-order valence-corrected chi connectivity index (χ2v) is 9.56. The zero-order valence-corrected chi connectivity index (χ0v) is 17.0. The van der Waals surface area contributed by atoms with Crippen LogP contribution in [0, 0.1) is 0 Å². The van der Waals surface area contributed by atoms with Crippen LogP contribution < -0.4 is 0 Å². The van der Waals surface area contributed by atoms with E-state index in [2.05, 4.69) is 10.2 Å². The molecule has 0 bridgehead atoms. The zero-order valence-electron chi connectivity index (χ0n) is 16.2. The van der Waals surface area contributed by atoms with E-state index in [1.807, 2.05) is 10.6 Å². The number of hydrogen-bond donors (Lipinski definition) is 0. The minimum atomic E-state index is -3.47. The van der Waals surface area contributed by atoms with Crippen molar-refractivity contribution in [3.63, 3.8) is 0 Å². The molecule has 0 spiro atoms.